The SMILES string of the molecule is CC(NC1CCNCC1)c1ccc[nH]1. The van der Waals surface area contributed by atoms with Gasteiger partial charge in [0, 0.05) is 24.0 Å². The van der Waals surface area contributed by atoms with E-state index in [4.69, 9.17) is 0 Å². The molecule has 0 aliphatic carbocycles. The molecule has 1 aromatic heterocycles. The minimum absolute atomic E-state index is 0.438. The van der Waals surface area contributed by atoms with Crippen molar-refractivity contribution >= 4 is 0 Å². The van der Waals surface area contributed by atoms with Gasteiger partial charge in [0.2, 0.25) is 0 Å². The number of piperidine rings is 1. The number of rotatable bonds is 3. The molecule has 1 fully saturated rings. The summed E-state index contributed by atoms with van der Waals surface area (Å²) in [4.78, 5) is 3.25. The van der Waals surface area contributed by atoms with E-state index in [0.29, 0.717) is 12.1 Å². The van der Waals surface area contributed by atoms with Gasteiger partial charge in [-0.05, 0) is 45.0 Å². The van der Waals surface area contributed by atoms with Gasteiger partial charge in [0.15, 0.2) is 0 Å². The third-order valence-electron chi connectivity index (χ3n) is 2.91. The van der Waals surface area contributed by atoms with Gasteiger partial charge in [0.1, 0.15) is 0 Å². The Hall–Kier alpha value is -0.800. The van der Waals surface area contributed by atoms with Crippen molar-refractivity contribution in [2.45, 2.75) is 31.8 Å². The standard InChI is InChI=1S/C11H19N3/c1-9(11-3-2-6-13-11)14-10-4-7-12-8-5-10/h2-3,6,9-10,12-14H,4-5,7-8H2,1H3. The molecule has 0 saturated carbocycles. The van der Waals surface area contributed by atoms with Crippen LogP contribution in [0.25, 0.3) is 0 Å². The summed E-state index contributed by atoms with van der Waals surface area (Å²) in [7, 11) is 0. The first-order valence-electron chi connectivity index (χ1n) is 5.46. The van der Waals surface area contributed by atoms with Gasteiger partial charge < -0.3 is 15.6 Å². The van der Waals surface area contributed by atoms with Gasteiger partial charge in [-0.2, -0.15) is 0 Å². The lowest BCUT2D eigenvalue weighted by Gasteiger charge is -2.26. The van der Waals surface area contributed by atoms with E-state index in [1.165, 1.54) is 18.5 Å². The van der Waals surface area contributed by atoms with Crippen molar-refractivity contribution in [2.75, 3.05) is 13.1 Å². The van der Waals surface area contributed by atoms with Gasteiger partial charge in [-0.3, -0.25) is 0 Å². The second kappa shape index (κ2) is 4.62. The number of aromatic amines is 1. The van der Waals surface area contributed by atoms with Crippen molar-refractivity contribution < 1.29 is 0 Å². The highest BCUT2D eigenvalue weighted by molar-refractivity contribution is 5.08. The second-order valence-corrected chi connectivity index (χ2v) is 4.04. The highest BCUT2D eigenvalue weighted by Gasteiger charge is 2.15. The molecular weight excluding hydrogens is 174 g/mol. The van der Waals surface area contributed by atoms with E-state index in [1.807, 2.05) is 6.20 Å². The third kappa shape index (κ3) is 2.36. The molecule has 3 heteroatoms. The smallest absolute Gasteiger partial charge is 0.0446 e. The Kier molecular flexibility index (Phi) is 3.22. The van der Waals surface area contributed by atoms with Gasteiger partial charge in [-0.15, -0.1) is 0 Å². The largest absolute Gasteiger partial charge is 0.364 e. The van der Waals surface area contributed by atoms with Crippen molar-refractivity contribution in [1.29, 1.82) is 0 Å². The van der Waals surface area contributed by atoms with Crippen molar-refractivity contribution in [3.05, 3.63) is 24.0 Å². The predicted octanol–water partition coefficient (Wildman–Crippen LogP) is 1.42. The number of hydrogen-bond acceptors (Lipinski definition) is 2. The maximum Gasteiger partial charge on any atom is 0.0446 e. The van der Waals surface area contributed by atoms with Crippen LogP contribution in [0, 0.1) is 0 Å². The maximum absolute atomic E-state index is 3.65. The third-order valence-corrected chi connectivity index (χ3v) is 2.91. The fourth-order valence-electron chi connectivity index (χ4n) is 2.05. The molecule has 78 valence electrons. The van der Waals surface area contributed by atoms with Gasteiger partial charge in [0.05, 0.1) is 0 Å². The molecule has 1 unspecified atom stereocenters. The van der Waals surface area contributed by atoms with Crippen molar-refractivity contribution in [3.8, 4) is 0 Å². The average Bonchev–Trinajstić information content (AvgIpc) is 2.72. The van der Waals surface area contributed by atoms with Crippen molar-refractivity contribution in [1.82, 2.24) is 15.6 Å². The van der Waals surface area contributed by atoms with Crippen LogP contribution in [0.4, 0.5) is 0 Å². The first-order chi connectivity index (χ1) is 6.86. The molecule has 1 aliphatic rings. The first-order valence-corrected chi connectivity index (χ1v) is 5.46. The summed E-state index contributed by atoms with van der Waals surface area (Å²) < 4.78 is 0. The fraction of sp³-hybridized carbons (Fsp3) is 0.636. The topological polar surface area (TPSA) is 39.8 Å². The zero-order valence-electron chi connectivity index (χ0n) is 8.72. The van der Waals surface area contributed by atoms with E-state index >= 15 is 0 Å². The zero-order valence-corrected chi connectivity index (χ0v) is 8.72. The van der Waals surface area contributed by atoms with Gasteiger partial charge in [-0.25, -0.2) is 0 Å². The lowest BCUT2D eigenvalue weighted by Crippen LogP contribution is -2.41. The highest BCUT2D eigenvalue weighted by Crippen LogP contribution is 2.12. The lowest BCUT2D eigenvalue weighted by molar-refractivity contribution is 0.357. The molecular formula is C11H19N3. The summed E-state index contributed by atoms with van der Waals surface area (Å²) in [5, 5.41) is 7.02. The van der Waals surface area contributed by atoms with E-state index in [2.05, 4.69) is 34.7 Å². The van der Waals surface area contributed by atoms with Gasteiger partial charge in [-0.1, -0.05) is 0 Å². The molecule has 2 heterocycles. The van der Waals surface area contributed by atoms with Crippen LogP contribution in [-0.4, -0.2) is 24.1 Å². The van der Waals surface area contributed by atoms with Crippen LogP contribution in [-0.2, 0) is 0 Å². The molecule has 1 aliphatic heterocycles. The van der Waals surface area contributed by atoms with E-state index in [-0.39, 0.29) is 0 Å². The Morgan fingerprint density at radius 3 is 2.86 bits per heavy atom. The fourth-order valence-corrected chi connectivity index (χ4v) is 2.05. The zero-order chi connectivity index (χ0) is 9.80. The highest BCUT2D eigenvalue weighted by atomic mass is 15.0. The summed E-state index contributed by atoms with van der Waals surface area (Å²) in [6, 6.07) is 5.30. The number of aromatic nitrogens is 1. The molecule has 0 aromatic carbocycles. The van der Waals surface area contributed by atoms with E-state index in [9.17, 15) is 0 Å². The van der Waals surface area contributed by atoms with Gasteiger partial charge >= 0.3 is 0 Å². The summed E-state index contributed by atoms with van der Waals surface area (Å²) in [5.74, 6) is 0. The predicted molar refractivity (Wildman–Crippen MR) is 58.2 cm³/mol. The number of nitrogens with one attached hydrogen (secondary N) is 3. The molecule has 3 N–H and O–H groups in total. The van der Waals surface area contributed by atoms with Crippen molar-refractivity contribution in [3.63, 3.8) is 0 Å². The average molecular weight is 193 g/mol. The van der Waals surface area contributed by atoms with Crippen LogP contribution in [0.3, 0.4) is 0 Å². The van der Waals surface area contributed by atoms with E-state index in [1.54, 1.807) is 0 Å². The normalized spacial score (nSPS) is 20.9. The summed E-state index contributed by atoms with van der Waals surface area (Å²) in [6.45, 7) is 4.51. The Balaban J connectivity index is 1.84. The first kappa shape index (κ1) is 9.74. The number of H-pyrrole nitrogens is 1. The molecule has 1 saturated heterocycles. The molecule has 0 spiro atoms. The summed E-state index contributed by atoms with van der Waals surface area (Å²) in [5.41, 5.74) is 1.28. The maximum atomic E-state index is 3.65. The van der Waals surface area contributed by atoms with Crippen LogP contribution in [0.5, 0.6) is 0 Å². The molecule has 0 bridgehead atoms. The molecule has 14 heavy (non-hydrogen) atoms. The van der Waals surface area contributed by atoms with Crippen LogP contribution < -0.4 is 10.6 Å². The Morgan fingerprint density at radius 1 is 1.43 bits per heavy atom. The molecule has 3 nitrogen and oxygen atoms in total. The van der Waals surface area contributed by atoms with E-state index < -0.39 is 0 Å². The Bertz CT molecular complexity index is 250. The van der Waals surface area contributed by atoms with E-state index in [0.717, 1.165) is 13.1 Å². The summed E-state index contributed by atoms with van der Waals surface area (Å²) in [6.07, 6.45) is 4.46. The monoisotopic (exact) mass is 193 g/mol. The van der Waals surface area contributed by atoms with Crippen LogP contribution in [0.1, 0.15) is 31.5 Å². The lowest BCUT2D eigenvalue weighted by atomic mass is 10.1. The van der Waals surface area contributed by atoms with Crippen LogP contribution in [0.2, 0.25) is 0 Å². The Labute approximate surface area is 85.3 Å². The molecule has 0 amide bonds. The second-order valence-electron chi connectivity index (χ2n) is 4.04. The Morgan fingerprint density at radius 2 is 2.21 bits per heavy atom. The van der Waals surface area contributed by atoms with Crippen LogP contribution >= 0.6 is 0 Å². The molecule has 1 atom stereocenters. The number of hydrogen-bond donors (Lipinski definition) is 3. The minimum atomic E-state index is 0.438. The molecule has 1 aromatic rings. The quantitative estimate of drug-likeness (QED) is 0.679. The van der Waals surface area contributed by atoms with Crippen molar-refractivity contribution in [2.24, 2.45) is 0 Å². The summed E-state index contributed by atoms with van der Waals surface area (Å²) >= 11 is 0. The molecule has 2 rings (SSSR count). The minimum Gasteiger partial charge on any atom is -0.364 e. The molecule has 0 radical (unpaired) electrons. The van der Waals surface area contributed by atoms with Gasteiger partial charge in [0.25, 0.3) is 0 Å². The van der Waals surface area contributed by atoms with Crippen LogP contribution in [0.15, 0.2) is 18.3 Å².